The maximum Gasteiger partial charge on any atom is -0.0287 e. The first-order chi connectivity index (χ1) is 4.33. The van der Waals surface area contributed by atoms with Crippen LogP contribution in [0.4, 0.5) is 0 Å². The Kier molecular flexibility index (Phi) is 0.574. The number of rotatable bonds is 0. The van der Waals surface area contributed by atoms with Crippen molar-refractivity contribution in [1.82, 2.24) is 0 Å². The molecule has 0 bridgehead atoms. The normalized spacial score (nSPS) is 40.0. The van der Waals surface area contributed by atoms with Crippen molar-refractivity contribution < 1.29 is 0 Å². The van der Waals surface area contributed by atoms with Crippen molar-refractivity contribution in [3.63, 3.8) is 0 Å². The monoisotopic (exact) mass is 122 g/mol. The Morgan fingerprint density at radius 3 is 1.56 bits per heavy atom. The van der Waals surface area contributed by atoms with Gasteiger partial charge in [0.25, 0.3) is 0 Å². The lowest BCUT2D eigenvalue weighted by atomic mass is 9.50. The van der Waals surface area contributed by atoms with E-state index >= 15 is 0 Å². The fourth-order valence-corrected chi connectivity index (χ4v) is 3.10. The fourth-order valence-electron chi connectivity index (χ4n) is 3.10. The molecule has 3 aliphatic carbocycles. The highest BCUT2D eigenvalue weighted by atomic mass is 14.7. The average Bonchev–Trinajstić information content (AvgIpc) is 2.32. The van der Waals surface area contributed by atoms with E-state index in [1.807, 2.05) is 0 Å². The zero-order valence-corrected chi connectivity index (χ0v) is 5.95. The Balaban J connectivity index is 1.75. The van der Waals surface area contributed by atoms with Crippen LogP contribution in [-0.4, -0.2) is 0 Å². The average molecular weight is 122 g/mol. The van der Waals surface area contributed by atoms with Crippen molar-refractivity contribution in [2.75, 3.05) is 0 Å². The van der Waals surface area contributed by atoms with Crippen molar-refractivity contribution >= 4 is 0 Å². The summed E-state index contributed by atoms with van der Waals surface area (Å²) >= 11 is 0. The second-order valence-corrected chi connectivity index (χ2v) is 4.71. The molecule has 0 atom stereocenters. The minimum atomic E-state index is 0.941. The van der Waals surface area contributed by atoms with Crippen molar-refractivity contribution in [3.8, 4) is 0 Å². The standard InChI is InChI=1S/C9H14/c1-2-8(3-1)6-9(7-8)4-5-9/h1-7H2. The van der Waals surface area contributed by atoms with Crippen LogP contribution in [0.25, 0.3) is 0 Å². The van der Waals surface area contributed by atoms with Gasteiger partial charge < -0.3 is 0 Å². The summed E-state index contributed by atoms with van der Waals surface area (Å²) in [4.78, 5) is 0. The van der Waals surface area contributed by atoms with E-state index < -0.39 is 0 Å². The molecule has 0 aromatic carbocycles. The van der Waals surface area contributed by atoms with Crippen LogP contribution >= 0.6 is 0 Å². The summed E-state index contributed by atoms with van der Waals surface area (Å²) in [5.41, 5.74) is 1.90. The first kappa shape index (κ1) is 4.76. The van der Waals surface area contributed by atoms with Crippen LogP contribution in [0.5, 0.6) is 0 Å². The summed E-state index contributed by atoms with van der Waals surface area (Å²) in [6.45, 7) is 0. The predicted octanol–water partition coefficient (Wildman–Crippen LogP) is 2.73. The van der Waals surface area contributed by atoms with Crippen LogP contribution in [-0.2, 0) is 0 Å². The molecule has 3 fully saturated rings. The van der Waals surface area contributed by atoms with Crippen LogP contribution in [0.3, 0.4) is 0 Å². The van der Waals surface area contributed by atoms with E-state index in [9.17, 15) is 0 Å². The van der Waals surface area contributed by atoms with Gasteiger partial charge in [0, 0.05) is 0 Å². The van der Waals surface area contributed by atoms with Gasteiger partial charge in [-0.05, 0) is 49.4 Å². The third-order valence-electron chi connectivity index (χ3n) is 3.87. The third-order valence-corrected chi connectivity index (χ3v) is 3.87. The molecule has 0 radical (unpaired) electrons. The molecule has 3 rings (SSSR count). The molecule has 9 heavy (non-hydrogen) atoms. The topological polar surface area (TPSA) is 0 Å². The highest BCUT2D eigenvalue weighted by Crippen LogP contribution is 2.74. The van der Waals surface area contributed by atoms with E-state index in [1.165, 1.54) is 6.42 Å². The lowest BCUT2D eigenvalue weighted by Crippen LogP contribution is -2.43. The van der Waals surface area contributed by atoms with Gasteiger partial charge >= 0.3 is 0 Å². The predicted molar refractivity (Wildman–Crippen MR) is 37.2 cm³/mol. The fraction of sp³-hybridized carbons (Fsp3) is 1.00. The van der Waals surface area contributed by atoms with Crippen LogP contribution in [0.2, 0.25) is 0 Å². The first-order valence-electron chi connectivity index (χ1n) is 4.33. The maximum absolute atomic E-state index is 1.62. The van der Waals surface area contributed by atoms with Gasteiger partial charge in [0.15, 0.2) is 0 Å². The molecule has 0 N–H and O–H groups in total. The Morgan fingerprint density at radius 1 is 0.667 bits per heavy atom. The van der Waals surface area contributed by atoms with Crippen LogP contribution in [0.1, 0.15) is 44.9 Å². The number of hydrogen-bond acceptors (Lipinski definition) is 0. The van der Waals surface area contributed by atoms with Crippen LogP contribution < -0.4 is 0 Å². The Bertz CT molecular complexity index is 139. The van der Waals surface area contributed by atoms with Crippen LogP contribution in [0.15, 0.2) is 0 Å². The van der Waals surface area contributed by atoms with Crippen molar-refractivity contribution in [2.24, 2.45) is 10.8 Å². The second-order valence-electron chi connectivity index (χ2n) is 4.71. The molecule has 3 saturated carbocycles. The van der Waals surface area contributed by atoms with E-state index in [-0.39, 0.29) is 0 Å². The molecular formula is C9H14. The van der Waals surface area contributed by atoms with Gasteiger partial charge in [-0.25, -0.2) is 0 Å². The first-order valence-corrected chi connectivity index (χ1v) is 4.33. The van der Waals surface area contributed by atoms with Gasteiger partial charge in [-0.2, -0.15) is 0 Å². The molecule has 50 valence electrons. The van der Waals surface area contributed by atoms with Crippen molar-refractivity contribution in [3.05, 3.63) is 0 Å². The minimum absolute atomic E-state index is 0.941. The summed E-state index contributed by atoms with van der Waals surface area (Å²) in [6, 6.07) is 0. The molecule has 0 unspecified atom stereocenters. The van der Waals surface area contributed by atoms with E-state index in [2.05, 4.69) is 0 Å². The summed E-state index contributed by atoms with van der Waals surface area (Å²) in [5, 5.41) is 0. The van der Waals surface area contributed by atoms with Gasteiger partial charge in [0.05, 0.1) is 0 Å². The van der Waals surface area contributed by atoms with Gasteiger partial charge in [-0.1, -0.05) is 6.42 Å². The quantitative estimate of drug-likeness (QED) is 0.463. The van der Waals surface area contributed by atoms with Crippen LogP contribution in [0, 0.1) is 10.8 Å². The molecule has 2 spiro atoms. The Labute approximate surface area is 56.6 Å². The molecule has 0 nitrogen and oxygen atoms in total. The van der Waals surface area contributed by atoms with E-state index in [0.717, 1.165) is 10.8 Å². The molecule has 0 saturated heterocycles. The molecule has 0 aromatic heterocycles. The van der Waals surface area contributed by atoms with Crippen molar-refractivity contribution in [2.45, 2.75) is 44.9 Å². The van der Waals surface area contributed by atoms with E-state index in [1.54, 1.807) is 38.5 Å². The second kappa shape index (κ2) is 1.09. The lowest BCUT2D eigenvalue weighted by Gasteiger charge is -2.55. The number of hydrogen-bond donors (Lipinski definition) is 0. The van der Waals surface area contributed by atoms with Gasteiger partial charge in [-0.3, -0.25) is 0 Å². The largest absolute Gasteiger partial charge is 0.0522 e. The highest BCUT2D eigenvalue weighted by molar-refractivity contribution is 5.13. The smallest absolute Gasteiger partial charge is 0.0287 e. The Hall–Kier alpha value is 0. The summed E-state index contributed by atoms with van der Waals surface area (Å²) in [7, 11) is 0. The van der Waals surface area contributed by atoms with Gasteiger partial charge in [-0.15, -0.1) is 0 Å². The van der Waals surface area contributed by atoms with Crippen molar-refractivity contribution in [1.29, 1.82) is 0 Å². The zero-order chi connectivity index (χ0) is 5.95. The molecule has 0 heteroatoms. The Morgan fingerprint density at radius 2 is 1.22 bits per heavy atom. The summed E-state index contributed by atoms with van der Waals surface area (Å²) < 4.78 is 0. The maximum atomic E-state index is 1.62. The molecule has 0 aliphatic heterocycles. The summed E-state index contributed by atoms with van der Waals surface area (Å²) in [6.07, 6.45) is 11.1. The zero-order valence-electron chi connectivity index (χ0n) is 5.95. The van der Waals surface area contributed by atoms with E-state index in [4.69, 9.17) is 0 Å². The van der Waals surface area contributed by atoms with Gasteiger partial charge in [0.1, 0.15) is 0 Å². The molecule has 0 heterocycles. The lowest BCUT2D eigenvalue weighted by molar-refractivity contribution is -0.0393. The molecule has 0 amide bonds. The van der Waals surface area contributed by atoms with Gasteiger partial charge in [0.2, 0.25) is 0 Å². The highest BCUT2D eigenvalue weighted by Gasteiger charge is 2.62. The summed E-state index contributed by atoms with van der Waals surface area (Å²) in [5.74, 6) is 0. The van der Waals surface area contributed by atoms with E-state index in [0.29, 0.717) is 0 Å². The molecule has 0 aromatic rings. The minimum Gasteiger partial charge on any atom is -0.0522 e. The SMILES string of the molecule is C1CC2(C1)CC1(CC1)C2. The third kappa shape index (κ3) is 0.461. The molecular weight excluding hydrogens is 108 g/mol. The molecule has 3 aliphatic rings.